The summed E-state index contributed by atoms with van der Waals surface area (Å²) in [4.78, 5) is 14.1. The summed E-state index contributed by atoms with van der Waals surface area (Å²) in [5.74, 6) is 0.228. The van der Waals surface area contributed by atoms with Gasteiger partial charge in [-0.05, 0) is 24.3 Å². The third-order valence-electron chi connectivity index (χ3n) is 4.30. The molecule has 1 aromatic rings. The van der Waals surface area contributed by atoms with Gasteiger partial charge < -0.3 is 15.3 Å². The van der Waals surface area contributed by atoms with E-state index >= 15 is 0 Å². The van der Waals surface area contributed by atoms with Gasteiger partial charge in [0.05, 0.1) is 0 Å². The number of carbonyl (C=O) groups excluding carboxylic acids is 1. The van der Waals surface area contributed by atoms with E-state index in [1.807, 2.05) is 23.1 Å². The lowest BCUT2D eigenvalue weighted by atomic mass is 9.85. The van der Waals surface area contributed by atoms with Crippen LogP contribution in [0, 0.1) is 5.92 Å². The molecule has 1 aromatic carbocycles. The van der Waals surface area contributed by atoms with Gasteiger partial charge in [-0.1, -0.05) is 44.2 Å². The predicted octanol–water partition coefficient (Wildman–Crippen LogP) is 2.38. The standard InChI is InChI=1S/C17H26N2O2/c1-17(2,15-8-4-3-5-9-15)13-18-16(21)19-10-6-7-14(11-19)12-20/h3-5,8-9,14,20H,6-7,10-13H2,1-2H3,(H,18,21). The Labute approximate surface area is 127 Å². The van der Waals surface area contributed by atoms with Crippen molar-refractivity contribution in [1.82, 2.24) is 10.2 Å². The monoisotopic (exact) mass is 290 g/mol. The Kier molecular flexibility index (Phi) is 5.23. The highest BCUT2D eigenvalue weighted by Gasteiger charge is 2.26. The summed E-state index contributed by atoms with van der Waals surface area (Å²) in [5.41, 5.74) is 1.13. The molecule has 21 heavy (non-hydrogen) atoms. The summed E-state index contributed by atoms with van der Waals surface area (Å²) in [7, 11) is 0. The first-order chi connectivity index (χ1) is 10.0. The zero-order valence-electron chi connectivity index (χ0n) is 13.0. The number of likely N-dealkylation sites (tertiary alicyclic amines) is 1. The van der Waals surface area contributed by atoms with Crippen LogP contribution in [0.1, 0.15) is 32.3 Å². The Morgan fingerprint density at radius 2 is 2.10 bits per heavy atom. The number of nitrogens with one attached hydrogen (secondary N) is 1. The molecule has 1 heterocycles. The number of amides is 2. The Morgan fingerprint density at radius 1 is 1.38 bits per heavy atom. The molecule has 1 aliphatic rings. The fourth-order valence-corrected chi connectivity index (χ4v) is 2.80. The van der Waals surface area contributed by atoms with Crippen LogP contribution in [0.5, 0.6) is 0 Å². The lowest BCUT2D eigenvalue weighted by Gasteiger charge is -2.33. The molecular weight excluding hydrogens is 264 g/mol. The second-order valence-corrected chi connectivity index (χ2v) is 6.55. The quantitative estimate of drug-likeness (QED) is 0.894. The molecule has 116 valence electrons. The van der Waals surface area contributed by atoms with Crippen molar-refractivity contribution in [2.45, 2.75) is 32.1 Å². The average molecular weight is 290 g/mol. The van der Waals surface area contributed by atoms with Crippen molar-refractivity contribution in [3.8, 4) is 0 Å². The summed E-state index contributed by atoms with van der Waals surface area (Å²) in [5, 5.41) is 12.3. The number of aliphatic hydroxyl groups excluding tert-OH is 1. The molecule has 0 saturated carbocycles. The van der Waals surface area contributed by atoms with Crippen LogP contribution in [0.3, 0.4) is 0 Å². The largest absolute Gasteiger partial charge is 0.396 e. The van der Waals surface area contributed by atoms with Gasteiger partial charge in [0.25, 0.3) is 0 Å². The third-order valence-corrected chi connectivity index (χ3v) is 4.30. The minimum Gasteiger partial charge on any atom is -0.396 e. The van der Waals surface area contributed by atoms with Gasteiger partial charge in [-0.25, -0.2) is 4.79 Å². The lowest BCUT2D eigenvalue weighted by Crippen LogP contribution is -2.48. The van der Waals surface area contributed by atoms with Crippen molar-refractivity contribution in [2.75, 3.05) is 26.2 Å². The fourth-order valence-electron chi connectivity index (χ4n) is 2.80. The van der Waals surface area contributed by atoms with E-state index in [4.69, 9.17) is 0 Å². The van der Waals surface area contributed by atoms with E-state index in [9.17, 15) is 9.90 Å². The highest BCUT2D eigenvalue weighted by molar-refractivity contribution is 5.74. The van der Waals surface area contributed by atoms with Crippen molar-refractivity contribution in [3.63, 3.8) is 0 Å². The molecular formula is C17H26N2O2. The van der Waals surface area contributed by atoms with Gasteiger partial charge in [0.1, 0.15) is 0 Å². The van der Waals surface area contributed by atoms with Gasteiger partial charge in [-0.2, -0.15) is 0 Å². The van der Waals surface area contributed by atoms with Crippen molar-refractivity contribution in [3.05, 3.63) is 35.9 Å². The van der Waals surface area contributed by atoms with Crippen LogP contribution in [0.2, 0.25) is 0 Å². The molecule has 1 atom stereocenters. The van der Waals surface area contributed by atoms with Crippen molar-refractivity contribution < 1.29 is 9.90 Å². The van der Waals surface area contributed by atoms with Gasteiger partial charge in [0.15, 0.2) is 0 Å². The first kappa shape index (κ1) is 15.8. The second kappa shape index (κ2) is 6.94. The molecule has 2 rings (SSSR count). The summed E-state index contributed by atoms with van der Waals surface area (Å²) >= 11 is 0. The van der Waals surface area contributed by atoms with Crippen molar-refractivity contribution >= 4 is 6.03 Å². The number of aliphatic hydroxyl groups is 1. The van der Waals surface area contributed by atoms with Crippen LogP contribution in [0.15, 0.2) is 30.3 Å². The maximum Gasteiger partial charge on any atom is 0.317 e. The molecule has 1 unspecified atom stereocenters. The Morgan fingerprint density at radius 3 is 2.76 bits per heavy atom. The number of rotatable bonds is 4. The van der Waals surface area contributed by atoms with Crippen LogP contribution < -0.4 is 5.32 Å². The molecule has 0 bridgehead atoms. The molecule has 0 aliphatic carbocycles. The van der Waals surface area contributed by atoms with E-state index in [-0.39, 0.29) is 24.0 Å². The van der Waals surface area contributed by atoms with Crippen LogP contribution in [0.4, 0.5) is 4.79 Å². The third kappa shape index (κ3) is 4.21. The molecule has 1 saturated heterocycles. The topological polar surface area (TPSA) is 52.6 Å². The Balaban J connectivity index is 1.88. The van der Waals surface area contributed by atoms with Crippen LogP contribution in [-0.4, -0.2) is 42.3 Å². The highest BCUT2D eigenvalue weighted by Crippen LogP contribution is 2.22. The minimum atomic E-state index is -0.0942. The fraction of sp³-hybridized carbons (Fsp3) is 0.588. The molecule has 2 amide bonds. The summed E-state index contributed by atoms with van der Waals surface area (Å²) in [6.45, 7) is 6.49. The number of urea groups is 1. The summed E-state index contributed by atoms with van der Waals surface area (Å²) < 4.78 is 0. The van der Waals surface area contributed by atoms with E-state index in [0.29, 0.717) is 13.1 Å². The Hall–Kier alpha value is -1.55. The van der Waals surface area contributed by atoms with Crippen LogP contribution in [-0.2, 0) is 5.41 Å². The van der Waals surface area contributed by atoms with E-state index in [1.54, 1.807) is 0 Å². The minimum absolute atomic E-state index is 0.0165. The zero-order chi connectivity index (χ0) is 15.3. The molecule has 4 nitrogen and oxygen atoms in total. The van der Waals surface area contributed by atoms with Gasteiger partial charge in [-0.15, -0.1) is 0 Å². The molecule has 0 radical (unpaired) electrons. The lowest BCUT2D eigenvalue weighted by molar-refractivity contribution is 0.129. The molecule has 0 spiro atoms. The average Bonchev–Trinajstić information content (AvgIpc) is 2.53. The van der Waals surface area contributed by atoms with E-state index in [1.165, 1.54) is 5.56 Å². The van der Waals surface area contributed by atoms with Crippen LogP contribution in [0.25, 0.3) is 0 Å². The van der Waals surface area contributed by atoms with Gasteiger partial charge in [0.2, 0.25) is 0 Å². The number of hydrogen-bond acceptors (Lipinski definition) is 2. The maximum absolute atomic E-state index is 12.3. The first-order valence-corrected chi connectivity index (χ1v) is 7.72. The van der Waals surface area contributed by atoms with E-state index in [0.717, 1.165) is 19.4 Å². The van der Waals surface area contributed by atoms with Crippen LogP contribution >= 0.6 is 0 Å². The first-order valence-electron chi connectivity index (χ1n) is 7.72. The molecule has 0 aromatic heterocycles. The molecule has 2 N–H and O–H groups in total. The number of carbonyl (C=O) groups is 1. The molecule has 4 heteroatoms. The van der Waals surface area contributed by atoms with Gasteiger partial charge >= 0.3 is 6.03 Å². The van der Waals surface area contributed by atoms with Gasteiger partial charge in [-0.3, -0.25) is 0 Å². The summed E-state index contributed by atoms with van der Waals surface area (Å²) in [6.07, 6.45) is 1.98. The SMILES string of the molecule is CC(C)(CNC(=O)N1CCCC(CO)C1)c1ccccc1. The smallest absolute Gasteiger partial charge is 0.317 e. The van der Waals surface area contributed by atoms with Crippen molar-refractivity contribution in [2.24, 2.45) is 5.92 Å². The second-order valence-electron chi connectivity index (χ2n) is 6.55. The number of benzene rings is 1. The maximum atomic E-state index is 12.3. The van der Waals surface area contributed by atoms with Gasteiger partial charge in [0, 0.05) is 31.7 Å². The Bertz CT molecular complexity index is 459. The number of piperidine rings is 1. The molecule has 1 fully saturated rings. The highest BCUT2D eigenvalue weighted by atomic mass is 16.3. The summed E-state index contributed by atoms with van der Waals surface area (Å²) in [6, 6.07) is 10.2. The van der Waals surface area contributed by atoms with Crippen molar-refractivity contribution in [1.29, 1.82) is 0 Å². The predicted molar refractivity (Wildman–Crippen MR) is 84.2 cm³/mol. The number of nitrogens with zero attached hydrogens (tertiary/aromatic N) is 1. The zero-order valence-corrected chi connectivity index (χ0v) is 13.0. The normalized spacial score (nSPS) is 19.4. The van der Waals surface area contributed by atoms with E-state index < -0.39 is 0 Å². The molecule has 1 aliphatic heterocycles. The number of hydrogen-bond donors (Lipinski definition) is 2. The van der Waals surface area contributed by atoms with E-state index in [2.05, 4.69) is 31.3 Å².